The van der Waals surface area contributed by atoms with Crippen LogP contribution in [0.5, 0.6) is 0 Å². The van der Waals surface area contributed by atoms with Crippen LogP contribution in [0, 0.1) is 0 Å². The summed E-state index contributed by atoms with van der Waals surface area (Å²) < 4.78 is 37.7. The molecule has 1 aliphatic carbocycles. The average Bonchev–Trinajstić information content (AvgIpc) is 2.83. The molecule has 1 amide bonds. The third kappa shape index (κ3) is 5.87. The van der Waals surface area contributed by atoms with E-state index >= 15 is 0 Å². The lowest BCUT2D eigenvalue weighted by Crippen LogP contribution is -2.49. The Balaban J connectivity index is 1.62. The number of allylic oxidation sites excluding steroid dienone is 4. The molecule has 11 heteroatoms. The van der Waals surface area contributed by atoms with Gasteiger partial charge in [0.15, 0.2) is 5.78 Å². The fourth-order valence-electron chi connectivity index (χ4n) is 4.12. The molecule has 0 aromatic carbocycles. The van der Waals surface area contributed by atoms with Gasteiger partial charge in [0.2, 0.25) is 5.91 Å². The summed E-state index contributed by atoms with van der Waals surface area (Å²) in [6.07, 6.45) is 3.64. The number of halogens is 4. The van der Waals surface area contributed by atoms with Gasteiger partial charge in [0.05, 0.1) is 16.9 Å². The van der Waals surface area contributed by atoms with Crippen LogP contribution >= 0.6 is 11.6 Å². The van der Waals surface area contributed by atoms with Crippen molar-refractivity contribution in [2.24, 2.45) is 0 Å². The van der Waals surface area contributed by atoms with E-state index in [4.69, 9.17) is 16.6 Å². The van der Waals surface area contributed by atoms with Crippen LogP contribution in [0.1, 0.15) is 31.9 Å². The smallest absolute Gasteiger partial charge is 0.352 e. The van der Waals surface area contributed by atoms with E-state index in [0.29, 0.717) is 53.7 Å². The molecule has 0 radical (unpaired) electrons. The molecular formula is C24H23ClF3N5O2. The van der Waals surface area contributed by atoms with Gasteiger partial charge in [-0.2, -0.15) is 13.2 Å². The minimum absolute atomic E-state index is 0.0343. The maximum atomic E-state index is 12.6. The third-order valence-corrected chi connectivity index (χ3v) is 6.30. The molecule has 0 saturated carbocycles. The number of rotatable bonds is 5. The molecule has 1 aliphatic heterocycles. The second-order valence-corrected chi connectivity index (χ2v) is 8.79. The first-order valence-corrected chi connectivity index (χ1v) is 11.5. The largest absolute Gasteiger partial charge is 0.397 e. The van der Waals surface area contributed by atoms with Gasteiger partial charge >= 0.3 is 6.18 Å². The number of pyridine rings is 1. The van der Waals surface area contributed by atoms with E-state index in [-0.39, 0.29) is 18.9 Å². The first-order chi connectivity index (χ1) is 16.6. The van der Waals surface area contributed by atoms with Gasteiger partial charge < -0.3 is 9.80 Å². The lowest BCUT2D eigenvalue weighted by molar-refractivity contribution is -0.161. The standard InChI is InChI=1S/C24H23ClF3N5O2/c1-15(34)16-2-4-17(5-3-16)22-23(18-6-7-29-13-19(18)25)31-20(14-30-22)32-8-10-33(11-9-32)21(35)12-24(26,27)28/h2,4,6-7,13-14H,3,5,8-12H2,1H3. The number of amides is 1. The zero-order valence-electron chi connectivity index (χ0n) is 19.0. The van der Waals surface area contributed by atoms with Gasteiger partial charge in [0.25, 0.3) is 0 Å². The molecular weight excluding hydrogens is 483 g/mol. The first kappa shape index (κ1) is 24.8. The molecule has 0 N–H and O–H groups in total. The van der Waals surface area contributed by atoms with E-state index < -0.39 is 18.5 Å². The summed E-state index contributed by atoms with van der Waals surface area (Å²) in [7, 11) is 0. The van der Waals surface area contributed by atoms with E-state index in [1.165, 1.54) is 18.0 Å². The number of carbonyl (C=O) groups is 2. The normalized spacial score (nSPS) is 16.6. The second-order valence-electron chi connectivity index (χ2n) is 8.38. The highest BCUT2D eigenvalue weighted by atomic mass is 35.5. The molecule has 7 nitrogen and oxygen atoms in total. The van der Waals surface area contributed by atoms with E-state index in [0.717, 1.165) is 11.1 Å². The first-order valence-electron chi connectivity index (χ1n) is 11.1. The number of Topliss-reactive ketones (excluding diaryl/α,β-unsaturated/α-hetero) is 1. The van der Waals surface area contributed by atoms with E-state index in [1.54, 1.807) is 24.5 Å². The van der Waals surface area contributed by atoms with Crippen LogP contribution in [0.15, 0.2) is 42.4 Å². The summed E-state index contributed by atoms with van der Waals surface area (Å²) in [5, 5.41) is 0.402. The molecule has 3 heterocycles. The molecule has 4 rings (SSSR count). The van der Waals surface area contributed by atoms with Crippen molar-refractivity contribution in [1.29, 1.82) is 0 Å². The van der Waals surface area contributed by atoms with Gasteiger partial charge in [-0.25, -0.2) is 4.98 Å². The van der Waals surface area contributed by atoms with Crippen molar-refractivity contribution >= 4 is 34.7 Å². The van der Waals surface area contributed by atoms with Crippen LogP contribution < -0.4 is 4.90 Å². The molecule has 2 aromatic heterocycles. The number of hydrogen-bond acceptors (Lipinski definition) is 6. The summed E-state index contributed by atoms with van der Waals surface area (Å²) in [6.45, 7) is 2.52. The van der Waals surface area contributed by atoms with Crippen LogP contribution in [-0.2, 0) is 9.59 Å². The lowest BCUT2D eigenvalue weighted by atomic mass is 9.92. The Morgan fingerprint density at radius 1 is 1.06 bits per heavy atom. The molecule has 0 bridgehead atoms. The number of ketones is 1. The van der Waals surface area contributed by atoms with Gasteiger partial charge in [-0.3, -0.25) is 19.6 Å². The van der Waals surface area contributed by atoms with Crippen molar-refractivity contribution in [1.82, 2.24) is 19.9 Å². The third-order valence-electron chi connectivity index (χ3n) is 6.00. The number of alkyl halides is 3. The summed E-state index contributed by atoms with van der Waals surface area (Å²) in [5.74, 6) is -0.354. The van der Waals surface area contributed by atoms with Gasteiger partial charge in [-0.15, -0.1) is 0 Å². The molecule has 1 fully saturated rings. The molecule has 184 valence electrons. The Labute approximate surface area is 205 Å². The highest BCUT2D eigenvalue weighted by Gasteiger charge is 2.34. The van der Waals surface area contributed by atoms with Crippen LogP contribution in [0.3, 0.4) is 0 Å². The summed E-state index contributed by atoms with van der Waals surface area (Å²) in [6, 6.07) is 1.74. The number of aromatic nitrogens is 3. The van der Waals surface area contributed by atoms with Crippen LogP contribution in [0.2, 0.25) is 5.02 Å². The SMILES string of the molecule is CC(=O)C1=CC=C(c2ncc(N3CCN(C(=O)CC(F)(F)F)CC3)nc2-c2ccncc2Cl)CC1. The van der Waals surface area contributed by atoms with Crippen molar-refractivity contribution in [2.75, 3.05) is 31.1 Å². The highest BCUT2D eigenvalue weighted by Crippen LogP contribution is 2.35. The molecule has 2 aliphatic rings. The lowest BCUT2D eigenvalue weighted by Gasteiger charge is -2.35. The van der Waals surface area contributed by atoms with E-state index in [9.17, 15) is 22.8 Å². The fraction of sp³-hybridized carbons (Fsp3) is 0.375. The zero-order chi connectivity index (χ0) is 25.2. The molecule has 0 spiro atoms. The van der Waals surface area contributed by atoms with Crippen molar-refractivity contribution in [3.63, 3.8) is 0 Å². The maximum absolute atomic E-state index is 12.6. The number of piperazine rings is 1. The Morgan fingerprint density at radius 2 is 1.80 bits per heavy atom. The number of carbonyl (C=O) groups excluding carboxylic acids is 2. The predicted octanol–water partition coefficient (Wildman–Crippen LogP) is 4.49. The highest BCUT2D eigenvalue weighted by molar-refractivity contribution is 6.33. The van der Waals surface area contributed by atoms with E-state index in [1.807, 2.05) is 11.0 Å². The Kier molecular flexibility index (Phi) is 7.20. The van der Waals surface area contributed by atoms with Crippen LogP contribution in [0.25, 0.3) is 16.8 Å². The van der Waals surface area contributed by atoms with E-state index in [2.05, 4.69) is 9.97 Å². The van der Waals surface area contributed by atoms with Crippen molar-refractivity contribution in [2.45, 2.75) is 32.4 Å². The molecule has 2 aromatic rings. The monoisotopic (exact) mass is 505 g/mol. The Bertz CT molecular complexity index is 1200. The average molecular weight is 506 g/mol. The predicted molar refractivity (Wildman–Crippen MR) is 126 cm³/mol. The molecule has 0 atom stereocenters. The zero-order valence-corrected chi connectivity index (χ0v) is 19.7. The summed E-state index contributed by atoms with van der Waals surface area (Å²) >= 11 is 6.42. The van der Waals surface area contributed by atoms with Gasteiger partial charge in [-0.05, 0) is 37.0 Å². The van der Waals surface area contributed by atoms with Crippen molar-refractivity contribution in [3.8, 4) is 11.3 Å². The maximum Gasteiger partial charge on any atom is 0.397 e. The summed E-state index contributed by atoms with van der Waals surface area (Å²) in [5.41, 5.74) is 3.50. The number of hydrogen-bond donors (Lipinski definition) is 0. The Hall–Kier alpha value is -3.27. The Morgan fingerprint density at radius 3 is 2.40 bits per heavy atom. The molecule has 0 unspecified atom stereocenters. The second kappa shape index (κ2) is 10.2. The molecule has 1 saturated heterocycles. The minimum atomic E-state index is -4.53. The minimum Gasteiger partial charge on any atom is -0.352 e. The molecule has 35 heavy (non-hydrogen) atoms. The van der Waals surface area contributed by atoms with Crippen molar-refractivity contribution < 1.29 is 22.8 Å². The summed E-state index contributed by atoms with van der Waals surface area (Å²) in [4.78, 5) is 40.3. The van der Waals surface area contributed by atoms with Gasteiger partial charge in [-0.1, -0.05) is 23.8 Å². The van der Waals surface area contributed by atoms with Crippen LogP contribution in [-0.4, -0.2) is 63.9 Å². The fourth-order valence-corrected chi connectivity index (χ4v) is 4.33. The van der Waals surface area contributed by atoms with Crippen LogP contribution in [0.4, 0.5) is 19.0 Å². The van der Waals surface area contributed by atoms with Crippen molar-refractivity contribution in [3.05, 3.63) is 53.1 Å². The number of anilines is 1. The quantitative estimate of drug-likeness (QED) is 0.596. The number of nitrogens with zero attached hydrogens (tertiary/aromatic N) is 5. The van der Waals surface area contributed by atoms with Gasteiger partial charge in [0.1, 0.15) is 17.9 Å². The topological polar surface area (TPSA) is 79.3 Å². The van der Waals surface area contributed by atoms with Gasteiger partial charge in [0, 0.05) is 44.1 Å².